The highest BCUT2D eigenvalue weighted by Crippen LogP contribution is 2.35. The van der Waals surface area contributed by atoms with Gasteiger partial charge in [0.1, 0.15) is 5.84 Å². The summed E-state index contributed by atoms with van der Waals surface area (Å²) < 4.78 is 0.783. The molecule has 0 radical (unpaired) electrons. The summed E-state index contributed by atoms with van der Waals surface area (Å²) >= 11 is 1.31. The van der Waals surface area contributed by atoms with Crippen molar-refractivity contribution in [3.8, 4) is 11.1 Å². The third-order valence-corrected chi connectivity index (χ3v) is 7.64. The highest BCUT2D eigenvalue weighted by atomic mass is 32.1. The van der Waals surface area contributed by atoms with E-state index in [1.807, 2.05) is 30.9 Å². The molecule has 3 heterocycles. The summed E-state index contributed by atoms with van der Waals surface area (Å²) in [6.07, 6.45) is 7.92. The Bertz CT molecular complexity index is 1450. The van der Waals surface area contributed by atoms with Gasteiger partial charge >= 0.3 is 12.0 Å². The van der Waals surface area contributed by atoms with Gasteiger partial charge in [0.05, 0.1) is 15.6 Å². The SMILES string of the molecule is C=C/C=C(C)\N=C(/N)c1cc(-c2cnc(N3CCC(C)(C(=O)O)CC3)nc2)cc2nc(NC(=O)NCC)sc12. The van der Waals surface area contributed by atoms with Crippen LogP contribution in [-0.4, -0.2) is 57.5 Å². The molecular weight excluding hydrogens is 516 g/mol. The summed E-state index contributed by atoms with van der Waals surface area (Å²) in [5.74, 6) is 0.0906. The number of allylic oxidation sites excluding steroid dienone is 3. The third kappa shape index (κ3) is 6.23. The zero-order chi connectivity index (χ0) is 28.2. The predicted molar refractivity (Wildman–Crippen MR) is 155 cm³/mol. The molecule has 2 aromatic heterocycles. The van der Waals surface area contributed by atoms with Gasteiger partial charge in [-0.3, -0.25) is 10.1 Å². The van der Waals surface area contributed by atoms with Gasteiger partial charge in [-0.05, 0) is 57.4 Å². The van der Waals surface area contributed by atoms with Gasteiger partial charge in [-0.1, -0.05) is 24.0 Å². The lowest BCUT2D eigenvalue weighted by Gasteiger charge is -2.36. The Morgan fingerprint density at radius 2 is 1.95 bits per heavy atom. The number of amides is 2. The third-order valence-electron chi connectivity index (χ3n) is 6.62. The molecule has 5 N–H and O–H groups in total. The van der Waals surface area contributed by atoms with Crippen molar-refractivity contribution in [3.05, 3.63) is 54.5 Å². The number of nitrogens with two attached hydrogens (primary N) is 1. The highest BCUT2D eigenvalue weighted by molar-refractivity contribution is 7.22. The molecule has 0 aliphatic carbocycles. The molecule has 1 aliphatic rings. The van der Waals surface area contributed by atoms with Gasteiger partial charge in [-0.2, -0.15) is 0 Å². The van der Waals surface area contributed by atoms with E-state index in [0.29, 0.717) is 66.2 Å². The molecule has 11 nitrogen and oxygen atoms in total. The number of amidine groups is 1. The predicted octanol–water partition coefficient (Wildman–Crippen LogP) is 4.38. The van der Waals surface area contributed by atoms with Crippen molar-refractivity contribution in [2.24, 2.45) is 16.1 Å². The number of carbonyl (C=O) groups excluding carboxylic acids is 1. The fraction of sp³-hybridized carbons (Fsp3) is 0.333. The number of nitrogens with zero attached hydrogens (tertiary/aromatic N) is 5. The quantitative estimate of drug-likeness (QED) is 0.183. The lowest BCUT2D eigenvalue weighted by Crippen LogP contribution is -2.43. The monoisotopic (exact) mass is 548 g/mol. The molecule has 0 saturated carbocycles. The van der Waals surface area contributed by atoms with E-state index in [-0.39, 0.29) is 6.03 Å². The van der Waals surface area contributed by atoms with Crippen LogP contribution in [0.3, 0.4) is 0 Å². The van der Waals surface area contributed by atoms with E-state index in [9.17, 15) is 14.7 Å². The van der Waals surface area contributed by atoms with Gasteiger partial charge in [0.15, 0.2) is 5.13 Å². The number of nitrogens with one attached hydrogen (secondary N) is 2. The smallest absolute Gasteiger partial charge is 0.321 e. The number of hydrogen-bond acceptors (Lipinski definition) is 8. The number of thiazole rings is 1. The molecule has 0 spiro atoms. The van der Waals surface area contributed by atoms with E-state index in [1.165, 1.54) is 11.3 Å². The van der Waals surface area contributed by atoms with Crippen LogP contribution >= 0.6 is 11.3 Å². The molecule has 0 bridgehead atoms. The van der Waals surface area contributed by atoms with Crippen molar-refractivity contribution in [3.63, 3.8) is 0 Å². The molecule has 0 unspecified atom stereocenters. The summed E-state index contributed by atoms with van der Waals surface area (Å²) in [7, 11) is 0. The number of carbonyl (C=O) groups is 2. The Balaban J connectivity index is 1.68. The van der Waals surface area contributed by atoms with E-state index in [4.69, 9.17) is 5.73 Å². The second-order valence-corrected chi connectivity index (χ2v) is 10.5. The van der Waals surface area contributed by atoms with Gasteiger partial charge < -0.3 is 21.1 Å². The average molecular weight is 549 g/mol. The molecule has 1 aromatic carbocycles. The van der Waals surface area contributed by atoms with Crippen molar-refractivity contribution in [2.75, 3.05) is 29.9 Å². The maximum absolute atomic E-state index is 12.1. The number of aliphatic carboxylic acids is 1. The molecule has 0 atom stereocenters. The molecule has 39 heavy (non-hydrogen) atoms. The second-order valence-electron chi connectivity index (χ2n) is 9.54. The summed E-state index contributed by atoms with van der Waals surface area (Å²) in [6, 6.07) is 3.47. The van der Waals surface area contributed by atoms with Crippen LogP contribution in [0.2, 0.25) is 0 Å². The number of piperidine rings is 1. The highest BCUT2D eigenvalue weighted by Gasteiger charge is 2.37. The van der Waals surface area contributed by atoms with Crippen LogP contribution in [0.4, 0.5) is 15.9 Å². The van der Waals surface area contributed by atoms with Crippen LogP contribution in [0.5, 0.6) is 0 Å². The Kier molecular flexibility index (Phi) is 8.24. The minimum Gasteiger partial charge on any atom is -0.481 e. The first kappa shape index (κ1) is 27.7. The van der Waals surface area contributed by atoms with Gasteiger partial charge in [0, 0.05) is 48.9 Å². The van der Waals surface area contributed by atoms with Crippen molar-refractivity contribution in [1.29, 1.82) is 0 Å². The number of anilines is 2. The Morgan fingerprint density at radius 3 is 2.56 bits per heavy atom. The molecule has 3 aromatic rings. The van der Waals surface area contributed by atoms with Crippen LogP contribution in [0.15, 0.2) is 53.9 Å². The molecule has 1 saturated heterocycles. The number of urea groups is 1. The molecular formula is C27H32N8O3S. The summed E-state index contributed by atoms with van der Waals surface area (Å²) in [6.45, 7) is 10.8. The van der Waals surface area contributed by atoms with Gasteiger partial charge in [0.25, 0.3) is 0 Å². The van der Waals surface area contributed by atoms with Crippen LogP contribution in [0.1, 0.15) is 39.2 Å². The maximum atomic E-state index is 12.1. The average Bonchev–Trinajstić information content (AvgIpc) is 3.31. The van der Waals surface area contributed by atoms with E-state index < -0.39 is 11.4 Å². The molecule has 1 fully saturated rings. The zero-order valence-corrected chi connectivity index (χ0v) is 23.0. The normalized spacial score (nSPS) is 15.7. The summed E-state index contributed by atoms with van der Waals surface area (Å²) in [4.78, 5) is 43.9. The Morgan fingerprint density at radius 1 is 1.26 bits per heavy atom. The fourth-order valence-electron chi connectivity index (χ4n) is 4.25. The molecule has 204 valence electrons. The number of carboxylic acid groups (broad SMARTS) is 1. The second kappa shape index (κ2) is 11.6. The van der Waals surface area contributed by atoms with Crippen LogP contribution in [-0.2, 0) is 4.79 Å². The molecule has 2 amide bonds. The molecule has 12 heteroatoms. The first-order valence-corrected chi connectivity index (χ1v) is 13.4. The summed E-state index contributed by atoms with van der Waals surface area (Å²) in [5.41, 5.74) is 9.28. The molecule has 1 aliphatic heterocycles. The Labute approximate surface area is 230 Å². The minimum atomic E-state index is -0.769. The van der Waals surface area contributed by atoms with E-state index in [1.54, 1.807) is 31.5 Å². The van der Waals surface area contributed by atoms with Gasteiger partial charge in [0.2, 0.25) is 5.95 Å². The number of aromatic nitrogens is 3. The first-order chi connectivity index (χ1) is 18.6. The number of aliphatic imine (C=N–C) groups is 1. The lowest BCUT2D eigenvalue weighted by molar-refractivity contribution is -0.149. The zero-order valence-electron chi connectivity index (χ0n) is 22.2. The summed E-state index contributed by atoms with van der Waals surface area (Å²) in [5, 5.41) is 15.4. The van der Waals surface area contributed by atoms with Crippen molar-refractivity contribution >= 4 is 50.5 Å². The van der Waals surface area contributed by atoms with Crippen molar-refractivity contribution in [1.82, 2.24) is 20.3 Å². The van der Waals surface area contributed by atoms with Crippen molar-refractivity contribution in [2.45, 2.75) is 33.6 Å². The maximum Gasteiger partial charge on any atom is 0.321 e. The minimum absolute atomic E-state index is 0.304. The Hall–Kier alpha value is -4.32. The standard InChI is InChI=1S/C27H32N8O3S/c1-5-7-16(3)32-22(28)19-12-17(13-20-21(19)39-26(33-20)34-25(38)29-6-2)18-14-30-24(31-15-18)35-10-8-27(4,9-11-35)23(36)37/h5,7,12-15H,1,6,8-11H2,2-4H3,(H2,28,32)(H,36,37)(H2,29,33,34,38)/b16-7-. The lowest BCUT2D eigenvalue weighted by atomic mass is 9.80. The topological polar surface area (TPSA) is 159 Å². The van der Waals surface area contributed by atoms with E-state index >= 15 is 0 Å². The number of carboxylic acids is 1. The first-order valence-electron chi connectivity index (χ1n) is 12.6. The fourth-order valence-corrected chi connectivity index (χ4v) is 5.21. The molecule has 4 rings (SSSR count). The van der Waals surface area contributed by atoms with Crippen LogP contribution < -0.4 is 21.3 Å². The van der Waals surface area contributed by atoms with Crippen LogP contribution in [0, 0.1) is 5.41 Å². The van der Waals surface area contributed by atoms with Crippen LogP contribution in [0.25, 0.3) is 21.3 Å². The van der Waals surface area contributed by atoms with Crippen molar-refractivity contribution < 1.29 is 14.7 Å². The van der Waals surface area contributed by atoms with E-state index in [0.717, 1.165) is 15.8 Å². The van der Waals surface area contributed by atoms with Gasteiger partial charge in [-0.25, -0.2) is 24.7 Å². The largest absolute Gasteiger partial charge is 0.481 e. The number of fused-ring (bicyclic) bond motifs is 1. The van der Waals surface area contributed by atoms with E-state index in [2.05, 4.69) is 37.2 Å². The number of benzene rings is 1. The number of hydrogen-bond donors (Lipinski definition) is 4. The number of rotatable bonds is 8. The van der Waals surface area contributed by atoms with Gasteiger partial charge in [-0.15, -0.1) is 0 Å².